The van der Waals surface area contributed by atoms with Crippen LogP contribution in [0.1, 0.15) is 60.9 Å². The molecule has 0 radical (unpaired) electrons. The van der Waals surface area contributed by atoms with Crippen molar-refractivity contribution in [3.05, 3.63) is 290 Å². The van der Waals surface area contributed by atoms with Crippen LogP contribution in [-0.2, 0) is 10.8 Å². The number of para-hydroxylation sites is 3. The van der Waals surface area contributed by atoms with Gasteiger partial charge in [0.1, 0.15) is 24.0 Å². The fourth-order valence-corrected chi connectivity index (χ4v) is 12.0. The molecule has 0 N–H and O–H groups in total. The van der Waals surface area contributed by atoms with E-state index >= 15 is 0 Å². The molecule has 1 aliphatic heterocycles. The largest absolute Gasteiger partial charge is 0.457 e. The lowest BCUT2D eigenvalue weighted by molar-refractivity contribution is 0.483. The first-order valence-corrected chi connectivity index (χ1v) is 29.0. The van der Waals surface area contributed by atoms with E-state index in [0.717, 1.165) is 67.3 Å². The molecule has 0 amide bonds. The summed E-state index contributed by atoms with van der Waals surface area (Å²) in [6.07, 6.45) is 1.75. The molecule has 5 nitrogen and oxygen atoms in total. The van der Waals surface area contributed by atoms with Crippen molar-refractivity contribution in [3.8, 4) is 84.1 Å². The van der Waals surface area contributed by atoms with E-state index in [4.69, 9.17) is 12.5 Å². The van der Waals surface area contributed by atoms with Crippen LogP contribution in [0.3, 0.4) is 0 Å². The normalized spacial score (nSPS) is 13.5. The molecular formula is C80H66N4O. The SMILES string of the molecule is [2H]c1c(-c2ccccc2)c([2H])c(-c2ccccc2)c(-c2cc(Oc3ccc4c5c([2H])c([2H])c([2H])c([2H])c5n(-c5cc(C(C)(C)C)ccn5)c4c3)cc(N3CN(c4c(-c5ccccc5)cc(C(C)(C)C)cc4-c4ccccc4)c4ccccc43)c2)c1-c1ccccc1. The molecule has 85 heavy (non-hydrogen) atoms. The molecule has 0 saturated carbocycles. The Labute approximate surface area is 507 Å². The van der Waals surface area contributed by atoms with Gasteiger partial charge in [-0.15, -0.1) is 0 Å². The van der Waals surface area contributed by atoms with E-state index in [1.165, 1.54) is 5.56 Å². The maximum atomic E-state index is 10.4. The maximum Gasteiger partial charge on any atom is 0.137 e. The second kappa shape index (κ2) is 21.5. The molecule has 0 saturated heterocycles. The number of fused-ring (bicyclic) bond motifs is 4. The molecule has 13 aromatic rings. The van der Waals surface area contributed by atoms with E-state index < -0.39 is 0 Å². The van der Waals surface area contributed by atoms with E-state index in [9.17, 15) is 5.48 Å². The number of hydrogen-bond acceptors (Lipinski definition) is 4. The minimum Gasteiger partial charge on any atom is -0.457 e. The number of benzene rings is 11. The molecule has 3 heterocycles. The summed E-state index contributed by atoms with van der Waals surface area (Å²) in [6.45, 7) is 13.6. The van der Waals surface area contributed by atoms with Crippen molar-refractivity contribution < 1.29 is 13.0 Å². The number of aromatic nitrogens is 2. The molecule has 0 bridgehead atoms. The Kier molecular flexibility index (Phi) is 11.7. The summed E-state index contributed by atoms with van der Waals surface area (Å²) in [5.74, 6) is 1.42. The quantitative estimate of drug-likeness (QED) is 0.129. The number of rotatable bonds is 11. The van der Waals surface area contributed by atoms with Gasteiger partial charge >= 0.3 is 0 Å². The zero-order valence-electron chi connectivity index (χ0n) is 54.5. The number of hydrogen-bond donors (Lipinski definition) is 0. The van der Waals surface area contributed by atoms with Crippen molar-refractivity contribution in [2.45, 2.75) is 52.4 Å². The molecular weight excluding hydrogens is 1030 g/mol. The van der Waals surface area contributed by atoms with Gasteiger partial charge < -0.3 is 14.5 Å². The highest BCUT2D eigenvalue weighted by molar-refractivity contribution is 6.10. The second-order valence-corrected chi connectivity index (χ2v) is 23.9. The smallest absolute Gasteiger partial charge is 0.137 e. The average molecular weight is 1110 g/mol. The lowest BCUT2D eigenvalue weighted by atomic mass is 9.82. The first kappa shape index (κ1) is 46.3. The van der Waals surface area contributed by atoms with Crippen molar-refractivity contribution in [2.24, 2.45) is 0 Å². The Balaban J connectivity index is 1.04. The Bertz CT molecular complexity index is 4840. The zero-order chi connectivity index (χ0) is 63.0. The van der Waals surface area contributed by atoms with Gasteiger partial charge in [0.05, 0.1) is 36.3 Å². The minimum atomic E-state index is -0.334. The fourth-order valence-electron chi connectivity index (χ4n) is 12.0. The highest BCUT2D eigenvalue weighted by Crippen LogP contribution is 2.53. The number of nitrogens with zero attached hydrogens (tertiary/aromatic N) is 4. The summed E-state index contributed by atoms with van der Waals surface area (Å²) >= 11 is 0. The van der Waals surface area contributed by atoms with Crippen molar-refractivity contribution >= 4 is 44.6 Å². The standard InChI is InChI=1S/C80H66N4O/c1-79(2,3)61-42-43-81-76(50-61)84-72-37-23-22-36-66(72)67-41-40-64(52-75(67)84)85-65-45-60(77-68(55-28-14-8-15-29-55)46-59(54-26-12-7-13-27-54)47-69(77)56-30-16-9-17-31-56)44-63(51-65)82-53-83(74-39-25-24-38-73(74)82)78-70(57-32-18-10-19-33-57)48-62(80(4,5)6)49-71(78)58-34-20-11-21-35-58/h7-52H,53H2,1-6H3/i22D,23D,36D,37D,46D,47D. The van der Waals surface area contributed by atoms with Crippen molar-refractivity contribution in [3.63, 3.8) is 0 Å². The van der Waals surface area contributed by atoms with Gasteiger partial charge in [-0.1, -0.05) is 223 Å². The van der Waals surface area contributed by atoms with Gasteiger partial charge in [-0.3, -0.25) is 4.57 Å². The fraction of sp³-hybridized carbons (Fsp3) is 0.113. The highest BCUT2D eigenvalue weighted by atomic mass is 16.5. The van der Waals surface area contributed by atoms with Crippen LogP contribution in [0, 0.1) is 0 Å². The third-order valence-corrected chi connectivity index (χ3v) is 16.3. The lowest BCUT2D eigenvalue weighted by Gasteiger charge is -2.30. The summed E-state index contributed by atoms with van der Waals surface area (Å²) in [7, 11) is 0. The summed E-state index contributed by atoms with van der Waals surface area (Å²) in [4.78, 5) is 9.64. The summed E-state index contributed by atoms with van der Waals surface area (Å²) < 4.78 is 66.4. The Hall–Kier alpha value is -10.2. The molecule has 0 spiro atoms. The van der Waals surface area contributed by atoms with E-state index in [2.05, 4.69) is 161 Å². The van der Waals surface area contributed by atoms with Crippen molar-refractivity contribution in [2.75, 3.05) is 16.5 Å². The molecule has 5 heteroatoms. The van der Waals surface area contributed by atoms with Crippen molar-refractivity contribution in [1.82, 2.24) is 9.55 Å². The Morgan fingerprint density at radius 1 is 0.412 bits per heavy atom. The highest BCUT2D eigenvalue weighted by Gasteiger charge is 2.34. The molecule has 1 aliphatic rings. The third kappa shape index (κ3) is 10.0. The summed E-state index contributed by atoms with van der Waals surface area (Å²) in [5.41, 5.74) is 16.6. The van der Waals surface area contributed by atoms with Gasteiger partial charge in [-0.05, 0) is 156 Å². The molecule has 0 fully saturated rings. The van der Waals surface area contributed by atoms with Crippen LogP contribution < -0.4 is 14.5 Å². The topological polar surface area (TPSA) is 33.5 Å². The van der Waals surface area contributed by atoms with Crippen LogP contribution in [-0.4, -0.2) is 16.2 Å². The van der Waals surface area contributed by atoms with Gasteiger partial charge in [0.25, 0.3) is 0 Å². The van der Waals surface area contributed by atoms with Gasteiger partial charge in [0, 0.05) is 45.9 Å². The number of ether oxygens (including phenoxy) is 1. The van der Waals surface area contributed by atoms with E-state index in [-0.39, 0.29) is 47.1 Å². The van der Waals surface area contributed by atoms with Crippen LogP contribution in [0.5, 0.6) is 11.5 Å². The van der Waals surface area contributed by atoms with Crippen LogP contribution in [0.4, 0.5) is 22.7 Å². The van der Waals surface area contributed by atoms with Gasteiger partial charge in [0.15, 0.2) is 0 Å². The molecule has 0 aliphatic carbocycles. The van der Waals surface area contributed by atoms with Crippen molar-refractivity contribution in [1.29, 1.82) is 0 Å². The summed E-state index contributed by atoms with van der Waals surface area (Å²) in [5, 5.41) is 0.999. The van der Waals surface area contributed by atoms with Gasteiger partial charge in [-0.2, -0.15) is 0 Å². The van der Waals surface area contributed by atoms with Crippen LogP contribution in [0.25, 0.3) is 94.4 Å². The number of anilines is 4. The molecule has 14 rings (SSSR count). The number of pyridine rings is 1. The molecule has 412 valence electrons. The van der Waals surface area contributed by atoms with Crippen LogP contribution in [0.15, 0.2) is 279 Å². The van der Waals surface area contributed by atoms with Gasteiger partial charge in [0.2, 0.25) is 0 Å². The molecule has 11 aromatic carbocycles. The third-order valence-electron chi connectivity index (χ3n) is 16.3. The monoisotopic (exact) mass is 1100 g/mol. The first-order valence-electron chi connectivity index (χ1n) is 32.0. The predicted molar refractivity (Wildman–Crippen MR) is 357 cm³/mol. The maximum absolute atomic E-state index is 10.4. The van der Waals surface area contributed by atoms with E-state index in [0.29, 0.717) is 73.6 Å². The summed E-state index contributed by atoms with van der Waals surface area (Å²) in [6, 6.07) is 79.8. The van der Waals surface area contributed by atoms with E-state index in [1.54, 1.807) is 6.20 Å². The van der Waals surface area contributed by atoms with Crippen LogP contribution in [0.2, 0.25) is 0 Å². The van der Waals surface area contributed by atoms with Crippen LogP contribution >= 0.6 is 0 Å². The van der Waals surface area contributed by atoms with Gasteiger partial charge in [-0.25, -0.2) is 4.98 Å². The zero-order valence-corrected chi connectivity index (χ0v) is 48.5. The average Bonchev–Trinajstić information content (AvgIpc) is 1.72. The molecule has 2 aromatic heterocycles. The second-order valence-electron chi connectivity index (χ2n) is 23.9. The Morgan fingerprint density at radius 2 is 0.929 bits per heavy atom. The molecule has 0 atom stereocenters. The van der Waals surface area contributed by atoms with E-state index in [1.807, 2.05) is 132 Å². The molecule has 0 unspecified atom stereocenters. The Morgan fingerprint density at radius 3 is 1.49 bits per heavy atom. The first-order chi connectivity index (χ1) is 43.9. The minimum absolute atomic E-state index is 0.140. The predicted octanol–water partition coefficient (Wildman–Crippen LogP) is 21.8. The lowest BCUT2D eigenvalue weighted by Crippen LogP contribution is -2.25.